The Balaban J connectivity index is 2.21. The standard InChI is InChI=1S/C13H21N3O/c1-14-16-7-5-3-4-6-13(16)11-8-12(17-2)10-15-9-11/h8-10,13-14H,3-7H2,1-2H3/t13-/m0/s1. The number of hydrazine groups is 1. The van der Waals surface area contributed by atoms with Gasteiger partial charge in [0.2, 0.25) is 0 Å². The summed E-state index contributed by atoms with van der Waals surface area (Å²) in [6.07, 6.45) is 8.73. The predicted octanol–water partition coefficient (Wildman–Crippen LogP) is 2.14. The molecule has 0 aliphatic carbocycles. The van der Waals surface area contributed by atoms with E-state index in [1.165, 1.54) is 31.2 Å². The topological polar surface area (TPSA) is 37.4 Å². The summed E-state index contributed by atoms with van der Waals surface area (Å²) in [6.45, 7) is 1.10. The number of rotatable bonds is 3. The number of nitrogens with one attached hydrogen (secondary N) is 1. The third kappa shape index (κ3) is 2.96. The molecule has 0 bridgehead atoms. The van der Waals surface area contributed by atoms with Crippen LogP contribution < -0.4 is 10.2 Å². The van der Waals surface area contributed by atoms with Gasteiger partial charge in [0.25, 0.3) is 0 Å². The Morgan fingerprint density at radius 2 is 2.24 bits per heavy atom. The molecule has 4 heteroatoms. The van der Waals surface area contributed by atoms with Crippen molar-refractivity contribution in [3.8, 4) is 5.75 Å². The Morgan fingerprint density at radius 1 is 1.35 bits per heavy atom. The highest BCUT2D eigenvalue weighted by atomic mass is 16.5. The average Bonchev–Trinajstić information content (AvgIpc) is 2.63. The van der Waals surface area contributed by atoms with Crippen LogP contribution in [0.3, 0.4) is 0 Å². The Kier molecular flexibility index (Phi) is 4.34. The second-order valence-corrected chi connectivity index (χ2v) is 4.44. The Hall–Kier alpha value is -1.13. The molecule has 0 spiro atoms. The number of hydrogen-bond donors (Lipinski definition) is 1. The van der Waals surface area contributed by atoms with Crippen molar-refractivity contribution >= 4 is 0 Å². The van der Waals surface area contributed by atoms with Crippen molar-refractivity contribution in [2.24, 2.45) is 0 Å². The van der Waals surface area contributed by atoms with Gasteiger partial charge in [0, 0.05) is 12.7 Å². The van der Waals surface area contributed by atoms with Gasteiger partial charge in [0.05, 0.1) is 19.3 Å². The van der Waals surface area contributed by atoms with Gasteiger partial charge in [0.15, 0.2) is 0 Å². The maximum absolute atomic E-state index is 5.24. The molecule has 1 aliphatic heterocycles. The van der Waals surface area contributed by atoms with Gasteiger partial charge in [-0.15, -0.1) is 0 Å². The number of hydrogen-bond acceptors (Lipinski definition) is 4. The second-order valence-electron chi connectivity index (χ2n) is 4.44. The van der Waals surface area contributed by atoms with Gasteiger partial charge in [-0.1, -0.05) is 12.8 Å². The van der Waals surface area contributed by atoms with Gasteiger partial charge in [0.1, 0.15) is 5.75 Å². The van der Waals surface area contributed by atoms with Crippen LogP contribution >= 0.6 is 0 Å². The summed E-state index contributed by atoms with van der Waals surface area (Å²) in [5.41, 5.74) is 4.53. The smallest absolute Gasteiger partial charge is 0.137 e. The summed E-state index contributed by atoms with van der Waals surface area (Å²) in [6, 6.07) is 2.50. The minimum atomic E-state index is 0.407. The number of methoxy groups -OCH3 is 1. The van der Waals surface area contributed by atoms with Crippen LogP contribution in [0.2, 0.25) is 0 Å². The zero-order valence-corrected chi connectivity index (χ0v) is 10.6. The van der Waals surface area contributed by atoms with Crippen molar-refractivity contribution in [3.63, 3.8) is 0 Å². The van der Waals surface area contributed by atoms with E-state index >= 15 is 0 Å². The summed E-state index contributed by atoms with van der Waals surface area (Å²) < 4.78 is 5.24. The van der Waals surface area contributed by atoms with Crippen LogP contribution in [0.5, 0.6) is 5.75 Å². The van der Waals surface area contributed by atoms with E-state index in [2.05, 4.69) is 21.5 Å². The van der Waals surface area contributed by atoms with Crippen molar-refractivity contribution in [1.82, 2.24) is 15.4 Å². The molecule has 1 aromatic heterocycles. The van der Waals surface area contributed by atoms with Crippen LogP contribution in [0.1, 0.15) is 37.3 Å². The molecule has 0 saturated carbocycles. The molecule has 17 heavy (non-hydrogen) atoms. The van der Waals surface area contributed by atoms with Crippen LogP contribution in [0.4, 0.5) is 0 Å². The molecule has 1 aromatic rings. The molecule has 0 unspecified atom stereocenters. The molecule has 2 rings (SSSR count). The Bertz CT molecular complexity index is 356. The summed E-state index contributed by atoms with van der Waals surface area (Å²) in [7, 11) is 3.68. The molecular weight excluding hydrogens is 214 g/mol. The molecule has 1 fully saturated rings. The van der Waals surface area contributed by atoms with E-state index in [9.17, 15) is 0 Å². The van der Waals surface area contributed by atoms with Crippen LogP contribution in [0.15, 0.2) is 18.5 Å². The van der Waals surface area contributed by atoms with E-state index in [0.717, 1.165) is 12.3 Å². The number of ether oxygens (including phenoxy) is 1. The van der Waals surface area contributed by atoms with Crippen molar-refractivity contribution < 1.29 is 4.74 Å². The highest BCUT2D eigenvalue weighted by Crippen LogP contribution is 2.29. The third-order valence-corrected chi connectivity index (χ3v) is 3.39. The maximum atomic E-state index is 5.24. The highest BCUT2D eigenvalue weighted by Gasteiger charge is 2.22. The Labute approximate surface area is 103 Å². The lowest BCUT2D eigenvalue weighted by molar-refractivity contribution is 0.142. The van der Waals surface area contributed by atoms with Crippen LogP contribution in [0.25, 0.3) is 0 Å². The lowest BCUT2D eigenvalue weighted by Gasteiger charge is -2.29. The second kappa shape index (κ2) is 5.98. The first-order chi connectivity index (χ1) is 8.35. The average molecular weight is 235 g/mol. The fourth-order valence-electron chi connectivity index (χ4n) is 2.45. The van der Waals surface area contributed by atoms with Crippen molar-refractivity contribution in [3.05, 3.63) is 24.0 Å². The van der Waals surface area contributed by atoms with Crippen LogP contribution in [-0.2, 0) is 0 Å². The molecule has 1 N–H and O–H groups in total. The Morgan fingerprint density at radius 3 is 3.00 bits per heavy atom. The van der Waals surface area contributed by atoms with Gasteiger partial charge >= 0.3 is 0 Å². The van der Waals surface area contributed by atoms with Gasteiger partial charge in [-0.3, -0.25) is 10.4 Å². The van der Waals surface area contributed by atoms with Gasteiger partial charge in [-0.2, -0.15) is 0 Å². The summed E-state index contributed by atoms with van der Waals surface area (Å²) >= 11 is 0. The normalized spacial score (nSPS) is 22.1. The van der Waals surface area contributed by atoms with E-state index < -0.39 is 0 Å². The quantitative estimate of drug-likeness (QED) is 0.871. The molecule has 1 saturated heterocycles. The largest absolute Gasteiger partial charge is 0.495 e. The first-order valence-corrected chi connectivity index (χ1v) is 6.28. The van der Waals surface area contributed by atoms with Crippen molar-refractivity contribution in [2.75, 3.05) is 20.7 Å². The lowest BCUT2D eigenvalue weighted by atomic mass is 10.0. The SMILES string of the molecule is CNN1CCCCC[C@H]1c1cncc(OC)c1. The maximum Gasteiger partial charge on any atom is 0.137 e. The van der Waals surface area contributed by atoms with Gasteiger partial charge in [-0.25, -0.2) is 5.01 Å². The van der Waals surface area contributed by atoms with Gasteiger partial charge in [-0.05, 0) is 31.5 Å². The predicted molar refractivity (Wildman–Crippen MR) is 67.8 cm³/mol. The lowest BCUT2D eigenvalue weighted by Crippen LogP contribution is -2.38. The molecule has 0 radical (unpaired) electrons. The molecule has 4 nitrogen and oxygen atoms in total. The number of aromatic nitrogens is 1. The van der Waals surface area contributed by atoms with E-state index in [4.69, 9.17) is 4.74 Å². The molecule has 0 aromatic carbocycles. The van der Waals surface area contributed by atoms with Crippen LogP contribution in [-0.4, -0.2) is 30.7 Å². The molecular formula is C13H21N3O. The molecule has 94 valence electrons. The van der Waals surface area contributed by atoms with E-state index in [1.807, 2.05) is 13.2 Å². The molecule has 1 aliphatic rings. The molecule has 2 heterocycles. The monoisotopic (exact) mass is 235 g/mol. The summed E-state index contributed by atoms with van der Waals surface area (Å²) in [5, 5.41) is 2.31. The first kappa shape index (κ1) is 12.3. The minimum absolute atomic E-state index is 0.407. The summed E-state index contributed by atoms with van der Waals surface area (Å²) in [4.78, 5) is 4.25. The van der Waals surface area contributed by atoms with Crippen molar-refractivity contribution in [1.29, 1.82) is 0 Å². The number of pyridine rings is 1. The third-order valence-electron chi connectivity index (χ3n) is 3.39. The zero-order valence-electron chi connectivity index (χ0n) is 10.6. The number of nitrogens with zero attached hydrogens (tertiary/aromatic N) is 2. The van der Waals surface area contributed by atoms with E-state index in [-0.39, 0.29) is 0 Å². The highest BCUT2D eigenvalue weighted by molar-refractivity contribution is 5.26. The van der Waals surface area contributed by atoms with E-state index in [1.54, 1.807) is 13.3 Å². The zero-order chi connectivity index (χ0) is 12.1. The molecule has 1 atom stereocenters. The summed E-state index contributed by atoms with van der Waals surface area (Å²) in [5.74, 6) is 0.836. The fraction of sp³-hybridized carbons (Fsp3) is 0.615. The van der Waals surface area contributed by atoms with Gasteiger partial charge < -0.3 is 4.74 Å². The van der Waals surface area contributed by atoms with Crippen LogP contribution in [0, 0.1) is 0 Å². The fourth-order valence-corrected chi connectivity index (χ4v) is 2.45. The first-order valence-electron chi connectivity index (χ1n) is 6.28. The molecule has 0 amide bonds. The minimum Gasteiger partial charge on any atom is -0.495 e. The van der Waals surface area contributed by atoms with E-state index in [0.29, 0.717) is 6.04 Å². The van der Waals surface area contributed by atoms with Crippen molar-refractivity contribution in [2.45, 2.75) is 31.7 Å².